The van der Waals surface area contributed by atoms with Crippen molar-refractivity contribution in [3.05, 3.63) is 35.4 Å². The highest BCUT2D eigenvalue weighted by atomic mass is 16.2. The van der Waals surface area contributed by atoms with Crippen molar-refractivity contribution in [2.45, 2.75) is 77.3 Å². The molecular formula is C22H33N5O. The van der Waals surface area contributed by atoms with Crippen molar-refractivity contribution >= 4 is 5.91 Å². The van der Waals surface area contributed by atoms with Crippen LogP contribution in [0.2, 0.25) is 0 Å². The lowest BCUT2D eigenvalue weighted by molar-refractivity contribution is -0.143. The minimum Gasteiger partial charge on any atom is -0.340 e. The number of rotatable bonds is 5. The van der Waals surface area contributed by atoms with Gasteiger partial charge in [0, 0.05) is 35.8 Å². The smallest absolute Gasteiger partial charge is 0.227 e. The second kappa shape index (κ2) is 6.46. The van der Waals surface area contributed by atoms with Crippen LogP contribution in [0.3, 0.4) is 0 Å². The van der Waals surface area contributed by atoms with Crippen LogP contribution in [0.25, 0.3) is 0 Å². The first-order valence-corrected chi connectivity index (χ1v) is 10.5. The van der Waals surface area contributed by atoms with Gasteiger partial charge in [0.1, 0.15) is 0 Å². The van der Waals surface area contributed by atoms with E-state index < -0.39 is 0 Å². The van der Waals surface area contributed by atoms with Crippen LogP contribution in [0.15, 0.2) is 18.3 Å². The van der Waals surface area contributed by atoms with Gasteiger partial charge in [0.25, 0.3) is 0 Å². The molecule has 2 aromatic rings. The van der Waals surface area contributed by atoms with Crippen molar-refractivity contribution in [3.8, 4) is 0 Å². The van der Waals surface area contributed by atoms with E-state index in [2.05, 4.69) is 66.7 Å². The average molecular weight is 384 g/mol. The SMILES string of the molecule is CC(C)n1nccc1C12CCC(C1)C2C(=O)N(C)Cc1cc(C(C)(C)C)n[nH]1. The normalized spacial score (nSPS) is 26.5. The Morgan fingerprint density at radius 2 is 2.18 bits per heavy atom. The number of H-pyrrole nitrogens is 1. The first-order valence-electron chi connectivity index (χ1n) is 10.5. The second-order valence-corrected chi connectivity index (χ2v) is 10.1. The minimum atomic E-state index is -0.0265. The summed E-state index contributed by atoms with van der Waals surface area (Å²) in [7, 11) is 1.92. The van der Waals surface area contributed by atoms with Gasteiger partial charge in [0.2, 0.25) is 5.91 Å². The van der Waals surface area contributed by atoms with Crippen LogP contribution < -0.4 is 0 Å². The minimum absolute atomic E-state index is 0.00369. The van der Waals surface area contributed by atoms with Crippen molar-refractivity contribution in [2.24, 2.45) is 11.8 Å². The van der Waals surface area contributed by atoms with Crippen LogP contribution in [-0.2, 0) is 22.2 Å². The summed E-state index contributed by atoms with van der Waals surface area (Å²) < 4.78 is 2.12. The number of aromatic amines is 1. The summed E-state index contributed by atoms with van der Waals surface area (Å²) in [6.45, 7) is 11.3. The molecule has 3 unspecified atom stereocenters. The third-order valence-electron chi connectivity index (χ3n) is 6.77. The number of nitrogens with one attached hydrogen (secondary N) is 1. The Morgan fingerprint density at radius 1 is 1.43 bits per heavy atom. The molecule has 0 aromatic carbocycles. The fraction of sp³-hybridized carbons (Fsp3) is 0.682. The number of hydrogen-bond donors (Lipinski definition) is 1. The van der Waals surface area contributed by atoms with E-state index in [-0.39, 0.29) is 22.7 Å². The number of carbonyl (C=O) groups is 1. The molecule has 0 saturated heterocycles. The molecule has 0 spiro atoms. The van der Waals surface area contributed by atoms with E-state index in [0.29, 0.717) is 18.5 Å². The summed E-state index contributed by atoms with van der Waals surface area (Å²) in [4.78, 5) is 15.3. The third kappa shape index (κ3) is 2.88. The second-order valence-electron chi connectivity index (χ2n) is 10.1. The van der Waals surface area contributed by atoms with Crippen LogP contribution in [-0.4, -0.2) is 37.8 Å². The Kier molecular flexibility index (Phi) is 4.43. The molecule has 6 heteroatoms. The maximum Gasteiger partial charge on any atom is 0.227 e. The highest BCUT2D eigenvalue weighted by Crippen LogP contribution is 2.64. The number of nitrogens with zero attached hydrogens (tertiary/aromatic N) is 4. The first kappa shape index (κ1) is 19.2. The molecular weight excluding hydrogens is 350 g/mol. The van der Waals surface area contributed by atoms with Gasteiger partial charge in [0.15, 0.2) is 0 Å². The number of fused-ring (bicyclic) bond motifs is 1. The highest BCUT2D eigenvalue weighted by Gasteiger charge is 2.64. The maximum atomic E-state index is 13.4. The Labute approximate surface area is 167 Å². The molecule has 6 nitrogen and oxygen atoms in total. The summed E-state index contributed by atoms with van der Waals surface area (Å²) >= 11 is 0. The van der Waals surface area contributed by atoms with E-state index in [9.17, 15) is 4.79 Å². The fourth-order valence-electron chi connectivity index (χ4n) is 5.32. The molecule has 3 atom stereocenters. The molecule has 2 aromatic heterocycles. The summed E-state index contributed by atoms with van der Waals surface area (Å²) in [5.41, 5.74) is 3.25. The monoisotopic (exact) mass is 383 g/mol. The standard InChI is InChI=1S/C22H33N5O/c1-14(2)27-18(8-10-23-27)22-9-7-15(12-22)19(22)20(28)26(6)13-16-11-17(25-24-16)21(3,4)5/h8,10-11,14-15,19H,7,9,12-13H2,1-6H3,(H,24,25). The molecule has 0 aliphatic heterocycles. The van der Waals surface area contributed by atoms with Crippen LogP contribution in [0.1, 0.15) is 77.0 Å². The predicted molar refractivity (Wildman–Crippen MR) is 109 cm³/mol. The fourth-order valence-corrected chi connectivity index (χ4v) is 5.32. The van der Waals surface area contributed by atoms with Gasteiger partial charge in [0.05, 0.1) is 23.9 Å². The summed E-state index contributed by atoms with van der Waals surface area (Å²) in [5.74, 6) is 0.853. The summed E-state index contributed by atoms with van der Waals surface area (Å²) in [6, 6.07) is 4.53. The Balaban J connectivity index is 1.53. The average Bonchev–Trinajstić information content (AvgIpc) is 3.35. The maximum absolute atomic E-state index is 13.4. The molecule has 0 radical (unpaired) electrons. The molecule has 2 bridgehead atoms. The molecule has 1 N–H and O–H groups in total. The molecule has 3 fully saturated rings. The van der Waals surface area contributed by atoms with Crippen LogP contribution in [0, 0.1) is 11.8 Å². The molecule has 2 heterocycles. The largest absolute Gasteiger partial charge is 0.340 e. The quantitative estimate of drug-likeness (QED) is 0.854. The topological polar surface area (TPSA) is 66.8 Å². The van der Waals surface area contributed by atoms with Crippen molar-refractivity contribution in [2.75, 3.05) is 7.05 Å². The van der Waals surface area contributed by atoms with Gasteiger partial charge in [-0.15, -0.1) is 0 Å². The van der Waals surface area contributed by atoms with Gasteiger partial charge >= 0.3 is 0 Å². The van der Waals surface area contributed by atoms with Gasteiger partial charge in [-0.25, -0.2) is 0 Å². The zero-order chi connectivity index (χ0) is 20.3. The zero-order valence-electron chi connectivity index (χ0n) is 18.0. The predicted octanol–water partition coefficient (Wildman–Crippen LogP) is 3.81. The molecule has 28 heavy (non-hydrogen) atoms. The summed E-state index contributed by atoms with van der Waals surface area (Å²) in [5, 5.41) is 12.1. The van der Waals surface area contributed by atoms with Crippen LogP contribution >= 0.6 is 0 Å². The van der Waals surface area contributed by atoms with Crippen molar-refractivity contribution in [3.63, 3.8) is 0 Å². The molecule has 3 saturated carbocycles. The van der Waals surface area contributed by atoms with Gasteiger partial charge in [-0.1, -0.05) is 20.8 Å². The Bertz CT molecular complexity index is 870. The van der Waals surface area contributed by atoms with E-state index in [4.69, 9.17) is 0 Å². The van der Waals surface area contributed by atoms with Gasteiger partial charge in [-0.05, 0) is 51.2 Å². The van der Waals surface area contributed by atoms with Crippen LogP contribution in [0.5, 0.6) is 0 Å². The lowest BCUT2D eigenvalue weighted by Gasteiger charge is -2.48. The van der Waals surface area contributed by atoms with E-state index in [1.54, 1.807) is 0 Å². The molecule has 1 amide bonds. The Hall–Kier alpha value is -2.11. The number of hydrogen-bond acceptors (Lipinski definition) is 3. The summed E-state index contributed by atoms with van der Waals surface area (Å²) in [6.07, 6.45) is 5.25. The van der Waals surface area contributed by atoms with Gasteiger partial charge in [-0.2, -0.15) is 10.2 Å². The van der Waals surface area contributed by atoms with Crippen molar-refractivity contribution < 1.29 is 4.79 Å². The van der Waals surface area contributed by atoms with E-state index in [0.717, 1.165) is 30.7 Å². The van der Waals surface area contributed by atoms with E-state index >= 15 is 0 Å². The molecule has 152 valence electrons. The van der Waals surface area contributed by atoms with E-state index in [1.807, 2.05) is 18.1 Å². The van der Waals surface area contributed by atoms with Gasteiger partial charge in [-0.3, -0.25) is 14.6 Å². The van der Waals surface area contributed by atoms with Crippen molar-refractivity contribution in [1.29, 1.82) is 0 Å². The lowest BCUT2D eigenvalue weighted by Crippen LogP contribution is -2.53. The zero-order valence-corrected chi connectivity index (χ0v) is 18.0. The molecule has 3 aliphatic rings. The molecule has 3 aliphatic carbocycles. The van der Waals surface area contributed by atoms with Crippen molar-refractivity contribution in [1.82, 2.24) is 24.9 Å². The Morgan fingerprint density at radius 3 is 2.79 bits per heavy atom. The van der Waals surface area contributed by atoms with E-state index in [1.165, 1.54) is 5.69 Å². The third-order valence-corrected chi connectivity index (χ3v) is 6.77. The van der Waals surface area contributed by atoms with Gasteiger partial charge < -0.3 is 4.90 Å². The van der Waals surface area contributed by atoms with Crippen LogP contribution in [0.4, 0.5) is 0 Å². The first-order chi connectivity index (χ1) is 13.1. The molecule has 5 rings (SSSR count). The lowest BCUT2D eigenvalue weighted by atomic mass is 9.58. The highest BCUT2D eigenvalue weighted by molar-refractivity contribution is 5.82. The number of aromatic nitrogens is 4. The number of carbonyl (C=O) groups excluding carboxylic acids is 1. The number of amides is 1.